The second-order valence-corrected chi connectivity index (χ2v) is 4.73. The highest BCUT2D eigenvalue weighted by molar-refractivity contribution is 9.10. The summed E-state index contributed by atoms with van der Waals surface area (Å²) in [6.07, 6.45) is 0. The highest BCUT2D eigenvalue weighted by atomic mass is 79.9. The Morgan fingerprint density at radius 3 is 2.76 bits per heavy atom. The van der Waals surface area contributed by atoms with Crippen molar-refractivity contribution in [3.63, 3.8) is 0 Å². The molecule has 4 heteroatoms. The Morgan fingerprint density at radius 1 is 1.35 bits per heavy atom. The van der Waals surface area contributed by atoms with Crippen molar-refractivity contribution in [1.82, 2.24) is 0 Å². The van der Waals surface area contributed by atoms with Gasteiger partial charge in [-0.1, -0.05) is 12.1 Å². The molecule has 0 aliphatic rings. The van der Waals surface area contributed by atoms with Gasteiger partial charge in [-0.2, -0.15) is 0 Å². The number of nitrogens with two attached hydrogens (primary N) is 1. The minimum atomic E-state index is -0.0110. The van der Waals surface area contributed by atoms with E-state index in [1.165, 1.54) is 5.56 Å². The molecule has 1 atom stereocenters. The third-order valence-electron chi connectivity index (χ3n) is 2.53. The van der Waals surface area contributed by atoms with E-state index in [0.717, 1.165) is 16.1 Å². The second-order valence-electron chi connectivity index (χ2n) is 3.94. The Balaban J connectivity index is 2.15. The quantitative estimate of drug-likeness (QED) is 0.908. The maximum Gasteiger partial charge on any atom is 0.169 e. The minimum absolute atomic E-state index is 0.0110. The summed E-state index contributed by atoms with van der Waals surface area (Å²) in [6.45, 7) is 2.54. The molecular weight excluding hydrogens is 280 g/mol. The Labute approximate surface area is 109 Å². The van der Waals surface area contributed by atoms with Gasteiger partial charge in [-0.3, -0.25) is 0 Å². The van der Waals surface area contributed by atoms with E-state index in [9.17, 15) is 0 Å². The molecule has 0 bridgehead atoms. The highest BCUT2D eigenvalue weighted by Crippen LogP contribution is 2.23. The third-order valence-corrected chi connectivity index (χ3v) is 2.96. The number of rotatable bonds is 4. The molecule has 17 heavy (non-hydrogen) atoms. The zero-order chi connectivity index (χ0) is 12.3. The van der Waals surface area contributed by atoms with Gasteiger partial charge in [-0.15, -0.1) is 0 Å². The molecule has 1 aromatic carbocycles. The number of aryl methyl sites for hydroxylation is 1. The van der Waals surface area contributed by atoms with E-state index in [-0.39, 0.29) is 6.04 Å². The van der Waals surface area contributed by atoms with Crippen LogP contribution in [-0.4, -0.2) is 6.54 Å². The molecule has 2 aromatic rings. The van der Waals surface area contributed by atoms with Crippen LogP contribution in [0.4, 0.5) is 5.69 Å². The molecule has 0 spiro atoms. The molecule has 0 amide bonds. The average Bonchev–Trinajstić information content (AvgIpc) is 2.73. The van der Waals surface area contributed by atoms with Crippen molar-refractivity contribution in [3.05, 3.63) is 52.4 Å². The minimum Gasteiger partial charge on any atom is -0.452 e. The van der Waals surface area contributed by atoms with Crippen LogP contribution in [0.1, 0.15) is 17.4 Å². The molecular formula is C13H15BrN2O. The lowest BCUT2D eigenvalue weighted by Gasteiger charge is -2.16. The summed E-state index contributed by atoms with van der Waals surface area (Å²) in [5, 5.41) is 3.36. The molecule has 0 fully saturated rings. The first-order valence-electron chi connectivity index (χ1n) is 5.47. The van der Waals surface area contributed by atoms with Crippen LogP contribution < -0.4 is 11.1 Å². The molecule has 0 aliphatic carbocycles. The van der Waals surface area contributed by atoms with E-state index in [0.29, 0.717) is 6.54 Å². The first kappa shape index (κ1) is 12.2. The smallest absolute Gasteiger partial charge is 0.169 e. The average molecular weight is 295 g/mol. The standard InChI is InChI=1S/C13H15BrN2O/c1-9-3-2-4-10(7-9)16-11(8-15)12-5-6-13(14)17-12/h2-7,11,16H,8,15H2,1H3. The molecule has 1 heterocycles. The van der Waals surface area contributed by atoms with Crippen LogP contribution in [0.15, 0.2) is 45.5 Å². The largest absolute Gasteiger partial charge is 0.452 e. The normalized spacial score (nSPS) is 12.4. The van der Waals surface area contributed by atoms with E-state index in [1.807, 2.05) is 24.3 Å². The van der Waals surface area contributed by atoms with Crippen molar-refractivity contribution < 1.29 is 4.42 Å². The lowest BCUT2D eigenvalue weighted by Crippen LogP contribution is -2.20. The van der Waals surface area contributed by atoms with Gasteiger partial charge in [0.1, 0.15) is 5.76 Å². The predicted octanol–water partition coefficient (Wildman–Crippen LogP) is 3.46. The molecule has 0 saturated carbocycles. The fourth-order valence-electron chi connectivity index (χ4n) is 1.70. The van der Waals surface area contributed by atoms with Crippen molar-refractivity contribution in [2.45, 2.75) is 13.0 Å². The fraction of sp³-hybridized carbons (Fsp3) is 0.231. The monoisotopic (exact) mass is 294 g/mol. The summed E-state index contributed by atoms with van der Waals surface area (Å²) < 4.78 is 6.23. The van der Waals surface area contributed by atoms with Crippen LogP contribution in [0.25, 0.3) is 0 Å². The number of hydrogen-bond acceptors (Lipinski definition) is 3. The topological polar surface area (TPSA) is 51.2 Å². The van der Waals surface area contributed by atoms with Gasteiger partial charge in [-0.05, 0) is 52.7 Å². The molecule has 2 rings (SSSR count). The Bertz CT molecular complexity index is 496. The van der Waals surface area contributed by atoms with E-state index in [1.54, 1.807) is 0 Å². The lowest BCUT2D eigenvalue weighted by molar-refractivity contribution is 0.463. The van der Waals surface area contributed by atoms with Crippen LogP contribution in [0.2, 0.25) is 0 Å². The molecule has 3 nitrogen and oxygen atoms in total. The van der Waals surface area contributed by atoms with Gasteiger partial charge in [0, 0.05) is 12.2 Å². The van der Waals surface area contributed by atoms with Crippen LogP contribution in [-0.2, 0) is 0 Å². The van der Waals surface area contributed by atoms with Crippen LogP contribution >= 0.6 is 15.9 Å². The van der Waals surface area contributed by atoms with E-state index < -0.39 is 0 Å². The molecule has 1 aromatic heterocycles. The zero-order valence-electron chi connectivity index (χ0n) is 9.61. The van der Waals surface area contributed by atoms with Gasteiger partial charge in [0.25, 0.3) is 0 Å². The summed E-state index contributed by atoms with van der Waals surface area (Å²) in [7, 11) is 0. The number of furan rings is 1. The van der Waals surface area contributed by atoms with Crippen LogP contribution in [0.5, 0.6) is 0 Å². The van der Waals surface area contributed by atoms with Crippen molar-refractivity contribution >= 4 is 21.6 Å². The summed E-state index contributed by atoms with van der Waals surface area (Å²) >= 11 is 3.29. The number of nitrogens with one attached hydrogen (secondary N) is 1. The van der Waals surface area contributed by atoms with Crippen molar-refractivity contribution in [3.8, 4) is 0 Å². The summed E-state index contributed by atoms with van der Waals surface area (Å²) in [5.74, 6) is 0.834. The molecule has 3 N–H and O–H groups in total. The summed E-state index contributed by atoms with van der Waals surface area (Å²) in [6, 6.07) is 12.0. The zero-order valence-corrected chi connectivity index (χ0v) is 11.2. The number of halogens is 1. The van der Waals surface area contributed by atoms with Crippen molar-refractivity contribution in [2.24, 2.45) is 5.73 Å². The molecule has 90 valence electrons. The van der Waals surface area contributed by atoms with Gasteiger partial charge in [0.15, 0.2) is 4.67 Å². The van der Waals surface area contributed by atoms with Crippen molar-refractivity contribution in [1.29, 1.82) is 0 Å². The maximum atomic E-state index is 5.76. The predicted molar refractivity (Wildman–Crippen MR) is 73.0 cm³/mol. The van der Waals surface area contributed by atoms with E-state index in [2.05, 4.69) is 40.3 Å². The van der Waals surface area contributed by atoms with Crippen LogP contribution in [0, 0.1) is 6.92 Å². The van der Waals surface area contributed by atoms with Gasteiger partial charge in [-0.25, -0.2) is 0 Å². The van der Waals surface area contributed by atoms with Crippen LogP contribution in [0.3, 0.4) is 0 Å². The molecule has 1 unspecified atom stereocenters. The number of hydrogen-bond donors (Lipinski definition) is 2. The first-order chi connectivity index (χ1) is 8.19. The van der Waals surface area contributed by atoms with Gasteiger partial charge in [0.2, 0.25) is 0 Å². The van der Waals surface area contributed by atoms with Gasteiger partial charge >= 0.3 is 0 Å². The lowest BCUT2D eigenvalue weighted by atomic mass is 10.2. The van der Waals surface area contributed by atoms with E-state index >= 15 is 0 Å². The first-order valence-corrected chi connectivity index (χ1v) is 6.27. The highest BCUT2D eigenvalue weighted by Gasteiger charge is 2.13. The SMILES string of the molecule is Cc1cccc(NC(CN)c2ccc(Br)o2)c1. The van der Waals surface area contributed by atoms with Crippen molar-refractivity contribution in [2.75, 3.05) is 11.9 Å². The van der Waals surface area contributed by atoms with Gasteiger partial charge in [0.05, 0.1) is 6.04 Å². The Kier molecular flexibility index (Phi) is 3.86. The summed E-state index contributed by atoms with van der Waals surface area (Å²) in [5.41, 5.74) is 8.03. The molecule has 0 saturated heterocycles. The number of benzene rings is 1. The maximum absolute atomic E-state index is 5.76. The fourth-order valence-corrected chi connectivity index (χ4v) is 2.02. The van der Waals surface area contributed by atoms with Gasteiger partial charge < -0.3 is 15.5 Å². The molecule has 0 radical (unpaired) electrons. The summed E-state index contributed by atoms with van der Waals surface area (Å²) in [4.78, 5) is 0. The Morgan fingerprint density at radius 2 is 2.18 bits per heavy atom. The van der Waals surface area contributed by atoms with E-state index in [4.69, 9.17) is 10.2 Å². The second kappa shape index (κ2) is 5.38. The molecule has 0 aliphatic heterocycles. The third kappa shape index (κ3) is 3.11. The number of anilines is 1. The Hall–Kier alpha value is -1.26.